The number of anilines is 1. The summed E-state index contributed by atoms with van der Waals surface area (Å²) < 4.78 is 5.10. The number of hydrogen-bond donors (Lipinski definition) is 1. The number of benzene rings is 2. The molecule has 32 heavy (non-hydrogen) atoms. The number of thiazole rings is 1. The second-order valence-electron chi connectivity index (χ2n) is 7.09. The Bertz CT molecular complexity index is 1100. The van der Waals surface area contributed by atoms with E-state index in [1.54, 1.807) is 34.5 Å². The van der Waals surface area contributed by atoms with Crippen LogP contribution in [0, 0.1) is 6.92 Å². The van der Waals surface area contributed by atoms with E-state index in [0.717, 1.165) is 11.1 Å². The van der Waals surface area contributed by atoms with Crippen molar-refractivity contribution in [1.82, 2.24) is 9.88 Å². The maximum Gasteiger partial charge on any atom is 0.358 e. The summed E-state index contributed by atoms with van der Waals surface area (Å²) in [5, 5.41) is 4.96. The fourth-order valence-electron chi connectivity index (χ4n) is 3.02. The lowest BCUT2D eigenvalue weighted by Gasteiger charge is -2.19. The predicted molar refractivity (Wildman–Crippen MR) is 125 cm³/mol. The number of nitrogens with one attached hydrogen (secondary N) is 1. The summed E-state index contributed by atoms with van der Waals surface area (Å²) in [6, 6.07) is 14.5. The molecule has 3 aromatic rings. The van der Waals surface area contributed by atoms with Crippen LogP contribution in [0.25, 0.3) is 10.6 Å². The third-order valence-corrected chi connectivity index (χ3v) is 5.68. The minimum Gasteiger partial charge on any atom is -0.451 e. The standard InChI is InChI=1S/C24H25N3O4S/c1-4-27(5-2)23(29)18-7-6-8-19(13-18)25-21(28)14-31-24(30)20-15-32-22(26-20)17-11-9-16(3)10-12-17/h6-13,15H,4-5,14H2,1-3H3,(H,25,28). The van der Waals surface area contributed by atoms with E-state index < -0.39 is 18.5 Å². The molecular weight excluding hydrogens is 426 g/mol. The summed E-state index contributed by atoms with van der Waals surface area (Å²) in [7, 11) is 0. The van der Waals surface area contributed by atoms with Crippen molar-refractivity contribution in [3.63, 3.8) is 0 Å². The van der Waals surface area contributed by atoms with Crippen LogP contribution in [0.3, 0.4) is 0 Å². The van der Waals surface area contributed by atoms with E-state index >= 15 is 0 Å². The topological polar surface area (TPSA) is 88.6 Å². The molecular formula is C24H25N3O4S. The van der Waals surface area contributed by atoms with Crippen LogP contribution >= 0.6 is 11.3 Å². The number of rotatable bonds is 8. The summed E-state index contributed by atoms with van der Waals surface area (Å²) in [6.45, 7) is 6.57. The van der Waals surface area contributed by atoms with Gasteiger partial charge in [0.05, 0.1) is 0 Å². The maximum atomic E-state index is 12.5. The molecule has 2 aromatic carbocycles. The van der Waals surface area contributed by atoms with Crippen molar-refractivity contribution in [1.29, 1.82) is 0 Å². The van der Waals surface area contributed by atoms with Crippen LogP contribution in [0.2, 0.25) is 0 Å². The first-order valence-corrected chi connectivity index (χ1v) is 11.2. The van der Waals surface area contributed by atoms with Crippen LogP contribution in [0.5, 0.6) is 0 Å². The van der Waals surface area contributed by atoms with Gasteiger partial charge in [-0.2, -0.15) is 0 Å². The first kappa shape index (κ1) is 23.1. The number of amides is 2. The quantitative estimate of drug-likeness (QED) is 0.513. The van der Waals surface area contributed by atoms with E-state index in [4.69, 9.17) is 4.74 Å². The molecule has 0 atom stereocenters. The minimum absolute atomic E-state index is 0.106. The molecule has 7 nitrogen and oxygen atoms in total. The van der Waals surface area contributed by atoms with E-state index in [-0.39, 0.29) is 11.6 Å². The van der Waals surface area contributed by atoms with Gasteiger partial charge in [-0.15, -0.1) is 11.3 Å². The summed E-state index contributed by atoms with van der Waals surface area (Å²) in [5.74, 6) is -1.27. The second-order valence-corrected chi connectivity index (χ2v) is 7.94. The average molecular weight is 452 g/mol. The van der Waals surface area contributed by atoms with Crippen LogP contribution < -0.4 is 5.32 Å². The van der Waals surface area contributed by atoms with Gasteiger partial charge in [0.2, 0.25) is 0 Å². The summed E-state index contributed by atoms with van der Waals surface area (Å²) in [4.78, 5) is 43.0. The van der Waals surface area contributed by atoms with Crippen molar-refractivity contribution in [3.05, 3.63) is 70.7 Å². The van der Waals surface area contributed by atoms with Crippen molar-refractivity contribution in [2.24, 2.45) is 0 Å². The van der Waals surface area contributed by atoms with Crippen LogP contribution in [0.4, 0.5) is 5.69 Å². The van der Waals surface area contributed by atoms with Gasteiger partial charge in [-0.3, -0.25) is 9.59 Å². The van der Waals surface area contributed by atoms with Gasteiger partial charge in [0.1, 0.15) is 5.01 Å². The zero-order chi connectivity index (χ0) is 23.1. The number of nitrogens with zero attached hydrogens (tertiary/aromatic N) is 2. The largest absolute Gasteiger partial charge is 0.451 e. The first-order chi connectivity index (χ1) is 15.4. The highest BCUT2D eigenvalue weighted by Gasteiger charge is 2.16. The minimum atomic E-state index is -0.666. The monoisotopic (exact) mass is 451 g/mol. The van der Waals surface area contributed by atoms with E-state index in [2.05, 4.69) is 10.3 Å². The number of ether oxygens (including phenoxy) is 1. The highest BCUT2D eigenvalue weighted by Crippen LogP contribution is 2.24. The van der Waals surface area contributed by atoms with E-state index in [1.807, 2.05) is 45.0 Å². The Balaban J connectivity index is 1.56. The number of carbonyl (C=O) groups excluding carboxylic acids is 3. The number of aromatic nitrogens is 1. The Morgan fingerprint density at radius 2 is 1.78 bits per heavy atom. The number of esters is 1. The molecule has 1 heterocycles. The highest BCUT2D eigenvalue weighted by atomic mass is 32.1. The molecule has 0 radical (unpaired) electrons. The fraction of sp³-hybridized carbons (Fsp3) is 0.250. The summed E-state index contributed by atoms with van der Waals surface area (Å²) >= 11 is 1.34. The van der Waals surface area contributed by atoms with Crippen LogP contribution in [0.1, 0.15) is 40.3 Å². The van der Waals surface area contributed by atoms with Gasteiger partial charge in [-0.05, 0) is 39.0 Å². The first-order valence-electron chi connectivity index (χ1n) is 10.3. The third-order valence-electron chi connectivity index (χ3n) is 4.79. The average Bonchev–Trinajstić information content (AvgIpc) is 3.29. The van der Waals surface area contributed by atoms with Crippen molar-refractivity contribution in [2.45, 2.75) is 20.8 Å². The number of hydrogen-bond acceptors (Lipinski definition) is 6. The lowest BCUT2D eigenvalue weighted by atomic mass is 10.1. The Kier molecular flexibility index (Phi) is 7.72. The van der Waals surface area contributed by atoms with Gasteiger partial charge < -0.3 is 15.0 Å². The Morgan fingerprint density at radius 1 is 1.06 bits per heavy atom. The molecule has 3 rings (SSSR count). The summed E-state index contributed by atoms with van der Waals surface area (Å²) in [5.41, 5.74) is 3.15. The molecule has 0 spiro atoms. The van der Waals surface area contributed by atoms with E-state index in [9.17, 15) is 14.4 Å². The lowest BCUT2D eigenvalue weighted by Crippen LogP contribution is -2.30. The molecule has 0 saturated carbocycles. The lowest BCUT2D eigenvalue weighted by molar-refractivity contribution is -0.119. The predicted octanol–water partition coefficient (Wildman–Crippen LogP) is 4.40. The van der Waals surface area contributed by atoms with Gasteiger partial charge in [-0.1, -0.05) is 35.9 Å². The molecule has 0 aliphatic heterocycles. The number of aryl methyl sites for hydroxylation is 1. The number of carbonyl (C=O) groups is 3. The van der Waals surface area contributed by atoms with Gasteiger partial charge in [0, 0.05) is 35.3 Å². The zero-order valence-electron chi connectivity index (χ0n) is 18.3. The van der Waals surface area contributed by atoms with Gasteiger partial charge in [0.25, 0.3) is 11.8 Å². The molecule has 2 amide bonds. The molecule has 1 N–H and O–H groups in total. The van der Waals surface area contributed by atoms with Crippen molar-refractivity contribution >= 4 is 34.8 Å². The molecule has 0 fully saturated rings. The van der Waals surface area contributed by atoms with Gasteiger partial charge >= 0.3 is 5.97 Å². The molecule has 0 aliphatic rings. The smallest absolute Gasteiger partial charge is 0.358 e. The van der Waals surface area contributed by atoms with E-state index in [1.165, 1.54) is 11.3 Å². The van der Waals surface area contributed by atoms with Crippen molar-refractivity contribution in [2.75, 3.05) is 25.0 Å². The molecule has 166 valence electrons. The van der Waals surface area contributed by atoms with E-state index in [0.29, 0.717) is 29.3 Å². The Labute approximate surface area is 191 Å². The second kappa shape index (κ2) is 10.7. The SMILES string of the molecule is CCN(CC)C(=O)c1cccc(NC(=O)COC(=O)c2csc(-c3ccc(C)cc3)n2)c1. The van der Waals surface area contributed by atoms with Crippen molar-refractivity contribution in [3.8, 4) is 10.6 Å². The maximum absolute atomic E-state index is 12.5. The van der Waals surface area contributed by atoms with Crippen LogP contribution in [-0.4, -0.2) is 47.4 Å². The van der Waals surface area contributed by atoms with Crippen molar-refractivity contribution < 1.29 is 19.1 Å². The third kappa shape index (κ3) is 5.79. The fourth-order valence-corrected chi connectivity index (χ4v) is 3.82. The van der Waals surface area contributed by atoms with Gasteiger partial charge in [0.15, 0.2) is 12.3 Å². The Morgan fingerprint density at radius 3 is 2.47 bits per heavy atom. The Hall–Kier alpha value is -3.52. The molecule has 0 unspecified atom stereocenters. The molecule has 8 heteroatoms. The highest BCUT2D eigenvalue weighted by molar-refractivity contribution is 7.13. The normalized spacial score (nSPS) is 10.5. The molecule has 1 aromatic heterocycles. The summed E-state index contributed by atoms with van der Waals surface area (Å²) in [6.07, 6.45) is 0. The van der Waals surface area contributed by atoms with Gasteiger partial charge in [-0.25, -0.2) is 9.78 Å². The van der Waals surface area contributed by atoms with Crippen LogP contribution in [0.15, 0.2) is 53.9 Å². The molecule has 0 saturated heterocycles. The zero-order valence-corrected chi connectivity index (χ0v) is 19.1. The molecule has 0 bridgehead atoms. The van der Waals surface area contributed by atoms with Crippen LogP contribution in [-0.2, 0) is 9.53 Å². The molecule has 0 aliphatic carbocycles.